The first kappa shape index (κ1) is 23.2. The smallest absolute Gasteiger partial charge is 0.545 e. The van der Waals surface area contributed by atoms with Crippen LogP contribution >= 0.6 is 0 Å². The van der Waals surface area contributed by atoms with E-state index in [9.17, 15) is 9.90 Å². The van der Waals surface area contributed by atoms with Crippen molar-refractivity contribution >= 4 is 5.97 Å². The number of carboxylic acids is 1. The first-order valence-corrected chi connectivity index (χ1v) is 2.57. The Morgan fingerprint density at radius 2 is 1.38 bits per heavy atom. The number of hydrogen-bond acceptors (Lipinski definition) is 2. The zero-order valence-electron chi connectivity index (χ0n) is 7.20. The maximum atomic E-state index is 10.1. The number of hydrogen-bond donors (Lipinski definition) is 0. The van der Waals surface area contributed by atoms with Gasteiger partial charge in [-0.1, -0.05) is 30.3 Å². The monoisotopic (exact) mass is 214 g/mol. The predicted octanol–water partition coefficient (Wildman–Crippen LogP) is -5.42. The Morgan fingerprint density at radius 1 is 1.00 bits per heavy atom. The SMILES string of the molecule is O.O.O.O=C([O-])c1ccccc1.[K+]. The molecule has 70 valence electrons. The van der Waals surface area contributed by atoms with Crippen LogP contribution in [0.1, 0.15) is 10.4 Å². The molecule has 1 rings (SSSR count). The zero-order valence-corrected chi connectivity index (χ0v) is 10.3. The molecule has 0 saturated heterocycles. The summed E-state index contributed by atoms with van der Waals surface area (Å²) in [5.41, 5.74) is 0.220. The molecule has 0 aliphatic heterocycles. The first-order valence-electron chi connectivity index (χ1n) is 2.57. The predicted molar refractivity (Wildman–Crippen MR) is 41.6 cm³/mol. The molecule has 0 atom stereocenters. The maximum Gasteiger partial charge on any atom is 1.00 e. The normalized spacial score (nSPS) is 6.15. The summed E-state index contributed by atoms with van der Waals surface area (Å²) in [5.74, 6) is -1.13. The number of carbonyl (C=O) groups excluding carboxylic acids is 1. The van der Waals surface area contributed by atoms with Crippen LogP contribution in [0.3, 0.4) is 0 Å². The standard InChI is InChI=1S/C7H6O2.K.3H2O/c8-7(9)6-4-2-1-3-5-6;;;;/h1-5H,(H,8,9);;3*1H2/q;+1;;;/p-1. The second-order valence-electron chi connectivity index (χ2n) is 1.65. The van der Waals surface area contributed by atoms with Gasteiger partial charge in [-0.15, -0.1) is 0 Å². The van der Waals surface area contributed by atoms with E-state index in [1.165, 1.54) is 12.1 Å². The van der Waals surface area contributed by atoms with Crippen LogP contribution in [0.2, 0.25) is 0 Å². The Kier molecular flexibility index (Phi) is 21.8. The number of carbonyl (C=O) groups is 1. The second-order valence-corrected chi connectivity index (χ2v) is 1.65. The van der Waals surface area contributed by atoms with Gasteiger partial charge in [0, 0.05) is 0 Å². The summed E-state index contributed by atoms with van der Waals surface area (Å²) in [6, 6.07) is 8.06. The minimum atomic E-state index is -1.13. The summed E-state index contributed by atoms with van der Waals surface area (Å²) < 4.78 is 0. The summed E-state index contributed by atoms with van der Waals surface area (Å²) in [5, 5.41) is 10.1. The Hall–Kier alpha value is 0.206. The fraction of sp³-hybridized carbons (Fsp3) is 0. The van der Waals surface area contributed by atoms with Gasteiger partial charge in [-0.2, -0.15) is 0 Å². The molecule has 0 amide bonds. The summed E-state index contributed by atoms with van der Waals surface area (Å²) in [6.07, 6.45) is 0. The molecule has 0 fully saturated rings. The number of benzene rings is 1. The molecule has 13 heavy (non-hydrogen) atoms. The van der Waals surface area contributed by atoms with Crippen molar-refractivity contribution in [3.63, 3.8) is 0 Å². The van der Waals surface area contributed by atoms with Crippen LogP contribution < -0.4 is 56.5 Å². The molecule has 0 bridgehead atoms. The van der Waals surface area contributed by atoms with Gasteiger partial charge in [-0.3, -0.25) is 0 Å². The van der Waals surface area contributed by atoms with E-state index in [0.29, 0.717) is 0 Å². The number of carboxylic acid groups (broad SMARTS) is 1. The van der Waals surface area contributed by atoms with Crippen LogP contribution in [0.25, 0.3) is 0 Å². The van der Waals surface area contributed by atoms with E-state index in [4.69, 9.17) is 0 Å². The molecule has 1 aromatic carbocycles. The number of rotatable bonds is 1. The summed E-state index contributed by atoms with van der Waals surface area (Å²) in [4.78, 5) is 10.1. The van der Waals surface area contributed by atoms with E-state index in [1.54, 1.807) is 18.2 Å². The van der Waals surface area contributed by atoms with Crippen LogP contribution in [-0.2, 0) is 0 Å². The van der Waals surface area contributed by atoms with Crippen molar-refractivity contribution in [1.29, 1.82) is 0 Å². The largest absolute Gasteiger partial charge is 1.00 e. The molecule has 6 heteroatoms. The minimum Gasteiger partial charge on any atom is -0.545 e. The third kappa shape index (κ3) is 8.53. The molecule has 0 spiro atoms. The van der Waals surface area contributed by atoms with Gasteiger partial charge in [0.2, 0.25) is 0 Å². The Labute approximate surface area is 118 Å². The summed E-state index contributed by atoms with van der Waals surface area (Å²) in [6.45, 7) is 0. The van der Waals surface area contributed by atoms with E-state index >= 15 is 0 Å². The van der Waals surface area contributed by atoms with Crippen LogP contribution in [0.15, 0.2) is 30.3 Å². The van der Waals surface area contributed by atoms with Crippen molar-refractivity contribution in [2.75, 3.05) is 0 Å². The van der Waals surface area contributed by atoms with E-state index in [1.807, 2.05) is 0 Å². The molecule has 0 aliphatic rings. The third-order valence-electron chi connectivity index (χ3n) is 1.01. The molecule has 0 unspecified atom stereocenters. The molecule has 0 saturated carbocycles. The molecule has 6 N–H and O–H groups in total. The second kappa shape index (κ2) is 12.2. The average molecular weight is 214 g/mol. The molecule has 0 aliphatic carbocycles. The molecule has 1 aromatic rings. The minimum absolute atomic E-state index is 0. The molecule has 5 nitrogen and oxygen atoms in total. The van der Waals surface area contributed by atoms with Crippen LogP contribution in [0, 0.1) is 0 Å². The third-order valence-corrected chi connectivity index (χ3v) is 1.01. The van der Waals surface area contributed by atoms with Gasteiger partial charge in [0.25, 0.3) is 0 Å². The van der Waals surface area contributed by atoms with Crippen LogP contribution in [0.5, 0.6) is 0 Å². The van der Waals surface area contributed by atoms with Crippen LogP contribution in [-0.4, -0.2) is 22.4 Å². The summed E-state index contributed by atoms with van der Waals surface area (Å²) >= 11 is 0. The van der Waals surface area contributed by atoms with Crippen molar-refractivity contribution in [1.82, 2.24) is 0 Å². The van der Waals surface area contributed by atoms with Gasteiger partial charge in [0.15, 0.2) is 0 Å². The van der Waals surface area contributed by atoms with Crippen molar-refractivity contribution in [3.8, 4) is 0 Å². The van der Waals surface area contributed by atoms with Gasteiger partial charge < -0.3 is 26.3 Å². The molecule has 0 aromatic heterocycles. The van der Waals surface area contributed by atoms with Gasteiger partial charge in [0.1, 0.15) is 0 Å². The van der Waals surface area contributed by atoms with Crippen molar-refractivity contribution < 1.29 is 77.7 Å². The maximum absolute atomic E-state index is 10.1. The Balaban J connectivity index is -0.000000101. The van der Waals surface area contributed by atoms with Crippen LogP contribution in [0.4, 0.5) is 0 Å². The van der Waals surface area contributed by atoms with E-state index in [0.717, 1.165) is 0 Å². The Bertz CT molecular complexity index is 213. The van der Waals surface area contributed by atoms with E-state index < -0.39 is 5.97 Å². The van der Waals surface area contributed by atoms with Crippen molar-refractivity contribution in [2.24, 2.45) is 0 Å². The fourth-order valence-corrected chi connectivity index (χ4v) is 0.574. The fourth-order valence-electron chi connectivity index (χ4n) is 0.574. The first-order chi connectivity index (χ1) is 4.30. The average Bonchev–Trinajstić information content (AvgIpc) is 1.90. The van der Waals surface area contributed by atoms with E-state index in [2.05, 4.69) is 0 Å². The molecule has 0 heterocycles. The number of aromatic carboxylic acids is 1. The van der Waals surface area contributed by atoms with Crippen molar-refractivity contribution in [2.45, 2.75) is 0 Å². The summed E-state index contributed by atoms with van der Waals surface area (Å²) in [7, 11) is 0. The van der Waals surface area contributed by atoms with Gasteiger partial charge in [0.05, 0.1) is 5.97 Å². The van der Waals surface area contributed by atoms with Gasteiger partial charge in [-0.25, -0.2) is 0 Å². The molecule has 0 radical (unpaired) electrons. The zero-order chi connectivity index (χ0) is 6.69. The Morgan fingerprint density at radius 3 is 1.62 bits per heavy atom. The molecular weight excluding hydrogens is 203 g/mol. The quantitative estimate of drug-likeness (QED) is 0.431. The molecular formula is C7H11KO5. The topological polar surface area (TPSA) is 135 Å². The van der Waals surface area contributed by atoms with Gasteiger partial charge in [-0.05, 0) is 5.56 Å². The van der Waals surface area contributed by atoms with Gasteiger partial charge >= 0.3 is 51.4 Å². The van der Waals surface area contributed by atoms with Crippen molar-refractivity contribution in [3.05, 3.63) is 35.9 Å². The van der Waals surface area contributed by atoms with E-state index in [-0.39, 0.29) is 73.4 Å².